The van der Waals surface area contributed by atoms with Gasteiger partial charge in [-0.2, -0.15) is 0 Å². The highest BCUT2D eigenvalue weighted by molar-refractivity contribution is 5.95. The number of nitro groups is 1. The highest BCUT2D eigenvalue weighted by atomic mass is 16.6. The first-order valence-electron chi connectivity index (χ1n) is 10.3. The van der Waals surface area contributed by atoms with Gasteiger partial charge in [-0.25, -0.2) is 0 Å². The number of hydrogen-bond donors (Lipinski definition) is 0. The van der Waals surface area contributed by atoms with Gasteiger partial charge in [0, 0.05) is 24.7 Å². The summed E-state index contributed by atoms with van der Waals surface area (Å²) in [6.45, 7) is 3.44. The average molecular weight is 412 g/mol. The van der Waals surface area contributed by atoms with Crippen molar-refractivity contribution < 1.29 is 19.2 Å². The number of methoxy groups -OCH3 is 1. The smallest absolute Gasteiger partial charge is 0.311 e. The number of carbonyl (C=O) groups excluding carboxylic acids is 1. The second kappa shape index (κ2) is 10.1. The zero-order chi connectivity index (χ0) is 21.5. The topological polar surface area (TPSA) is 81.9 Å². The van der Waals surface area contributed by atoms with Crippen molar-refractivity contribution in [2.45, 2.75) is 32.6 Å². The number of aryl methyl sites for hydroxylation is 1. The Hall–Kier alpha value is -3.09. The van der Waals surface area contributed by atoms with Crippen LogP contribution in [0, 0.1) is 16.0 Å². The standard InChI is InChI=1S/C23H28N2O5/c1-3-30-22-11-8-19(16-21(22)25(27)28)23(26)24-14-12-18(13-15-24)5-4-17-6-9-20(29-2)10-7-17/h6-11,16,18H,3-5,12-15H2,1-2H3. The Morgan fingerprint density at radius 1 is 1.17 bits per heavy atom. The Balaban J connectivity index is 1.54. The number of hydrogen-bond acceptors (Lipinski definition) is 5. The van der Waals surface area contributed by atoms with Crippen LogP contribution in [0.15, 0.2) is 42.5 Å². The molecule has 2 aromatic rings. The molecule has 1 heterocycles. The lowest BCUT2D eigenvalue weighted by Gasteiger charge is -2.32. The van der Waals surface area contributed by atoms with Crippen LogP contribution in [-0.4, -0.2) is 42.5 Å². The maximum atomic E-state index is 12.8. The number of amides is 1. The molecular formula is C23H28N2O5. The predicted octanol–water partition coefficient (Wildman–Crippen LogP) is 4.49. The highest BCUT2D eigenvalue weighted by Crippen LogP contribution is 2.30. The minimum absolute atomic E-state index is 0.158. The second-order valence-corrected chi connectivity index (χ2v) is 7.49. The number of likely N-dealkylation sites (tertiary alicyclic amines) is 1. The van der Waals surface area contributed by atoms with E-state index in [4.69, 9.17) is 9.47 Å². The van der Waals surface area contributed by atoms with Crippen molar-refractivity contribution >= 4 is 11.6 Å². The molecule has 30 heavy (non-hydrogen) atoms. The maximum absolute atomic E-state index is 12.8. The molecule has 2 aromatic carbocycles. The van der Waals surface area contributed by atoms with Crippen molar-refractivity contribution in [3.8, 4) is 11.5 Å². The van der Waals surface area contributed by atoms with Crippen LogP contribution >= 0.6 is 0 Å². The van der Waals surface area contributed by atoms with Gasteiger partial charge in [-0.15, -0.1) is 0 Å². The van der Waals surface area contributed by atoms with E-state index < -0.39 is 4.92 Å². The van der Waals surface area contributed by atoms with Gasteiger partial charge in [-0.1, -0.05) is 12.1 Å². The summed E-state index contributed by atoms with van der Waals surface area (Å²) >= 11 is 0. The lowest BCUT2D eigenvalue weighted by atomic mass is 9.90. The van der Waals surface area contributed by atoms with Crippen molar-refractivity contribution in [2.24, 2.45) is 5.92 Å². The minimum Gasteiger partial charge on any atom is -0.497 e. The molecule has 0 atom stereocenters. The van der Waals surface area contributed by atoms with E-state index in [2.05, 4.69) is 12.1 Å². The molecule has 0 saturated carbocycles. The average Bonchev–Trinajstić information content (AvgIpc) is 2.78. The molecule has 0 radical (unpaired) electrons. The van der Waals surface area contributed by atoms with E-state index in [9.17, 15) is 14.9 Å². The van der Waals surface area contributed by atoms with Crippen LogP contribution in [0.1, 0.15) is 42.1 Å². The van der Waals surface area contributed by atoms with E-state index in [1.54, 1.807) is 25.0 Å². The summed E-state index contributed by atoms with van der Waals surface area (Å²) in [6.07, 6.45) is 3.98. The molecule has 160 valence electrons. The van der Waals surface area contributed by atoms with Crippen molar-refractivity contribution in [3.63, 3.8) is 0 Å². The molecule has 0 aliphatic carbocycles. The summed E-state index contributed by atoms with van der Waals surface area (Å²) in [6, 6.07) is 12.6. The largest absolute Gasteiger partial charge is 0.497 e. The number of carbonyl (C=O) groups is 1. The molecule has 0 unspecified atom stereocenters. The first-order chi connectivity index (χ1) is 14.5. The third-order valence-electron chi connectivity index (χ3n) is 5.60. The van der Waals surface area contributed by atoms with Crippen molar-refractivity contribution in [1.29, 1.82) is 0 Å². The van der Waals surface area contributed by atoms with E-state index in [-0.39, 0.29) is 17.3 Å². The Morgan fingerprint density at radius 3 is 2.47 bits per heavy atom. The van der Waals surface area contributed by atoms with Gasteiger partial charge in [0.2, 0.25) is 0 Å². The van der Waals surface area contributed by atoms with Crippen LogP contribution in [0.25, 0.3) is 0 Å². The van der Waals surface area contributed by atoms with Gasteiger partial charge in [-0.3, -0.25) is 14.9 Å². The van der Waals surface area contributed by atoms with E-state index in [1.807, 2.05) is 12.1 Å². The van der Waals surface area contributed by atoms with Crippen LogP contribution < -0.4 is 9.47 Å². The van der Waals surface area contributed by atoms with Crippen LogP contribution in [0.3, 0.4) is 0 Å². The fourth-order valence-corrected chi connectivity index (χ4v) is 3.84. The summed E-state index contributed by atoms with van der Waals surface area (Å²) in [4.78, 5) is 25.4. The van der Waals surface area contributed by atoms with Gasteiger partial charge < -0.3 is 14.4 Å². The Labute approximate surface area is 176 Å². The van der Waals surface area contributed by atoms with E-state index in [0.717, 1.165) is 31.4 Å². The molecule has 7 heteroatoms. The molecule has 3 rings (SSSR count). The van der Waals surface area contributed by atoms with Gasteiger partial charge in [0.25, 0.3) is 5.91 Å². The third kappa shape index (κ3) is 5.28. The SMILES string of the molecule is CCOc1ccc(C(=O)N2CCC(CCc3ccc(OC)cc3)CC2)cc1[N+](=O)[O-]. The fraction of sp³-hybridized carbons (Fsp3) is 0.435. The van der Waals surface area contributed by atoms with E-state index in [1.165, 1.54) is 17.7 Å². The van der Waals surface area contributed by atoms with Crippen molar-refractivity contribution in [2.75, 3.05) is 26.8 Å². The normalized spacial score (nSPS) is 14.4. The number of piperidine rings is 1. The third-order valence-corrected chi connectivity index (χ3v) is 5.60. The first-order valence-corrected chi connectivity index (χ1v) is 10.3. The molecule has 7 nitrogen and oxygen atoms in total. The summed E-state index contributed by atoms with van der Waals surface area (Å²) in [7, 11) is 1.66. The molecule has 0 spiro atoms. The number of rotatable bonds is 8. The van der Waals surface area contributed by atoms with Gasteiger partial charge in [0.15, 0.2) is 5.75 Å². The Bertz CT molecular complexity index is 874. The fourth-order valence-electron chi connectivity index (χ4n) is 3.84. The molecule has 0 bridgehead atoms. The van der Waals surface area contributed by atoms with Gasteiger partial charge in [0.1, 0.15) is 5.75 Å². The number of nitro benzene ring substituents is 1. The summed E-state index contributed by atoms with van der Waals surface area (Å²) in [5.41, 5.74) is 1.45. The van der Waals surface area contributed by atoms with Gasteiger partial charge in [0.05, 0.1) is 18.6 Å². The molecular weight excluding hydrogens is 384 g/mol. The molecule has 0 N–H and O–H groups in total. The molecule has 1 saturated heterocycles. The predicted molar refractivity (Wildman–Crippen MR) is 114 cm³/mol. The zero-order valence-electron chi connectivity index (χ0n) is 17.5. The molecule has 1 fully saturated rings. The van der Waals surface area contributed by atoms with Gasteiger partial charge in [-0.05, 0) is 68.4 Å². The number of benzene rings is 2. The minimum atomic E-state index is -0.507. The molecule has 0 aromatic heterocycles. The highest BCUT2D eigenvalue weighted by Gasteiger charge is 2.26. The summed E-state index contributed by atoms with van der Waals surface area (Å²) in [5, 5.41) is 11.3. The second-order valence-electron chi connectivity index (χ2n) is 7.49. The van der Waals surface area contributed by atoms with Crippen LogP contribution in [0.2, 0.25) is 0 Å². The summed E-state index contributed by atoms with van der Waals surface area (Å²) < 4.78 is 10.5. The lowest BCUT2D eigenvalue weighted by Crippen LogP contribution is -2.38. The molecule has 1 amide bonds. The monoisotopic (exact) mass is 412 g/mol. The van der Waals surface area contributed by atoms with Crippen molar-refractivity contribution in [1.82, 2.24) is 4.90 Å². The Morgan fingerprint density at radius 2 is 1.87 bits per heavy atom. The summed E-state index contributed by atoms with van der Waals surface area (Å²) in [5.74, 6) is 1.47. The van der Waals surface area contributed by atoms with Gasteiger partial charge >= 0.3 is 5.69 Å². The quantitative estimate of drug-likeness (QED) is 0.471. The first kappa shape index (κ1) is 21.6. The Kier molecular flexibility index (Phi) is 7.27. The van der Waals surface area contributed by atoms with Crippen LogP contribution in [0.5, 0.6) is 11.5 Å². The van der Waals surface area contributed by atoms with Crippen LogP contribution in [0.4, 0.5) is 5.69 Å². The molecule has 1 aliphatic rings. The maximum Gasteiger partial charge on any atom is 0.311 e. The lowest BCUT2D eigenvalue weighted by molar-refractivity contribution is -0.385. The van der Waals surface area contributed by atoms with Crippen molar-refractivity contribution in [3.05, 3.63) is 63.7 Å². The number of nitrogens with zero attached hydrogens (tertiary/aromatic N) is 2. The van der Waals surface area contributed by atoms with E-state index >= 15 is 0 Å². The van der Waals surface area contributed by atoms with E-state index in [0.29, 0.717) is 31.2 Å². The zero-order valence-corrected chi connectivity index (χ0v) is 17.5. The molecule has 1 aliphatic heterocycles. The van der Waals surface area contributed by atoms with Crippen LogP contribution in [-0.2, 0) is 6.42 Å². The number of ether oxygens (including phenoxy) is 2.